The van der Waals surface area contributed by atoms with E-state index in [0.717, 1.165) is 24.2 Å². The Morgan fingerprint density at radius 2 is 1.90 bits per heavy atom. The van der Waals surface area contributed by atoms with Crippen molar-refractivity contribution in [3.8, 4) is 0 Å². The maximum Gasteiger partial charge on any atom is 0.243 e. The summed E-state index contributed by atoms with van der Waals surface area (Å²) in [5, 5.41) is 2.99. The molecule has 1 saturated heterocycles. The Morgan fingerprint density at radius 1 is 1.07 bits per heavy atom. The number of sulfonamides is 1. The molecule has 8 nitrogen and oxygen atoms in total. The lowest BCUT2D eigenvalue weighted by Gasteiger charge is -2.31. The molecule has 1 aromatic carbocycles. The van der Waals surface area contributed by atoms with Gasteiger partial charge in [0.15, 0.2) is 5.82 Å². The average Bonchev–Trinajstić information content (AvgIpc) is 2.75. The highest BCUT2D eigenvalue weighted by Gasteiger charge is 2.31. The SMILES string of the molecule is O=S(=O)(c1ccc(F)cc1)N1CCCC(c2ccnc(Nc3cnccn3)n2)C1. The van der Waals surface area contributed by atoms with Crippen molar-refractivity contribution < 1.29 is 12.8 Å². The van der Waals surface area contributed by atoms with Gasteiger partial charge >= 0.3 is 0 Å². The molecule has 3 heterocycles. The van der Waals surface area contributed by atoms with Gasteiger partial charge in [-0.1, -0.05) is 0 Å². The minimum absolute atomic E-state index is 0.0654. The van der Waals surface area contributed by atoms with Gasteiger partial charge in [-0.05, 0) is 43.2 Å². The lowest BCUT2D eigenvalue weighted by atomic mass is 9.96. The standard InChI is InChI=1S/C19H19FN6O2S/c20-15-3-5-16(6-4-15)29(27,28)26-11-1-2-14(13-26)17-7-8-23-19(24-17)25-18-12-21-9-10-22-18/h3-10,12,14H,1-2,11,13H2,(H,22,23,24,25). The Labute approximate surface area is 167 Å². The van der Waals surface area contributed by atoms with Gasteiger partial charge in [-0.3, -0.25) is 4.98 Å². The molecule has 2 aromatic heterocycles. The van der Waals surface area contributed by atoms with Crippen LogP contribution in [0.5, 0.6) is 0 Å². The Bertz CT molecular complexity index is 1080. The number of nitrogens with one attached hydrogen (secondary N) is 1. The molecule has 0 bridgehead atoms. The zero-order valence-corrected chi connectivity index (χ0v) is 16.3. The van der Waals surface area contributed by atoms with Crippen LogP contribution in [0, 0.1) is 5.82 Å². The number of piperidine rings is 1. The summed E-state index contributed by atoms with van der Waals surface area (Å²) in [5.41, 5.74) is 0.755. The highest BCUT2D eigenvalue weighted by molar-refractivity contribution is 7.89. The van der Waals surface area contributed by atoms with Crippen LogP contribution in [-0.2, 0) is 10.0 Å². The van der Waals surface area contributed by atoms with Gasteiger partial charge in [-0.2, -0.15) is 4.31 Å². The molecular formula is C19H19FN6O2S. The Morgan fingerprint density at radius 3 is 2.66 bits per heavy atom. The fraction of sp³-hybridized carbons (Fsp3) is 0.263. The highest BCUT2D eigenvalue weighted by atomic mass is 32.2. The van der Waals surface area contributed by atoms with Crippen LogP contribution in [0.3, 0.4) is 0 Å². The van der Waals surface area contributed by atoms with E-state index in [1.165, 1.54) is 16.4 Å². The quantitative estimate of drug-likeness (QED) is 0.685. The third-order valence-electron chi connectivity index (χ3n) is 4.73. The zero-order chi connectivity index (χ0) is 20.3. The maximum absolute atomic E-state index is 13.2. The second-order valence-corrected chi connectivity index (χ2v) is 8.61. The molecular weight excluding hydrogens is 395 g/mol. The fourth-order valence-electron chi connectivity index (χ4n) is 3.30. The minimum atomic E-state index is -3.69. The van der Waals surface area contributed by atoms with E-state index in [-0.39, 0.29) is 10.8 Å². The number of aromatic nitrogens is 4. The Hall–Kier alpha value is -2.98. The van der Waals surface area contributed by atoms with Gasteiger partial charge in [0.25, 0.3) is 0 Å². The van der Waals surface area contributed by atoms with Crippen LogP contribution >= 0.6 is 0 Å². The van der Waals surface area contributed by atoms with Crippen molar-refractivity contribution >= 4 is 21.8 Å². The number of halogens is 1. The number of benzene rings is 1. The molecule has 150 valence electrons. The second kappa shape index (κ2) is 8.18. The van der Waals surface area contributed by atoms with Gasteiger partial charge in [0.05, 0.1) is 16.8 Å². The number of hydrogen-bond acceptors (Lipinski definition) is 7. The number of anilines is 2. The van der Waals surface area contributed by atoms with E-state index in [0.29, 0.717) is 31.3 Å². The molecule has 0 saturated carbocycles. The molecule has 1 fully saturated rings. The summed E-state index contributed by atoms with van der Waals surface area (Å²) in [6, 6.07) is 6.69. The van der Waals surface area contributed by atoms with Gasteiger partial charge in [0.1, 0.15) is 5.82 Å². The van der Waals surface area contributed by atoms with Gasteiger partial charge in [-0.25, -0.2) is 27.8 Å². The van der Waals surface area contributed by atoms with E-state index in [9.17, 15) is 12.8 Å². The molecule has 0 aliphatic carbocycles. The molecule has 29 heavy (non-hydrogen) atoms. The van der Waals surface area contributed by atoms with Crippen LogP contribution in [0.2, 0.25) is 0 Å². The topological polar surface area (TPSA) is 101 Å². The molecule has 1 unspecified atom stereocenters. The first-order valence-corrected chi connectivity index (χ1v) is 10.6. The van der Waals surface area contributed by atoms with Crippen LogP contribution in [0.4, 0.5) is 16.2 Å². The molecule has 0 spiro atoms. The van der Waals surface area contributed by atoms with Crippen molar-refractivity contribution in [2.75, 3.05) is 18.4 Å². The van der Waals surface area contributed by atoms with E-state index in [4.69, 9.17) is 0 Å². The molecule has 1 aliphatic heterocycles. The van der Waals surface area contributed by atoms with Crippen molar-refractivity contribution in [3.63, 3.8) is 0 Å². The minimum Gasteiger partial charge on any atom is -0.307 e. The van der Waals surface area contributed by atoms with Crippen LogP contribution in [0.15, 0.2) is 60.0 Å². The molecule has 1 atom stereocenters. The van der Waals surface area contributed by atoms with Crippen LogP contribution in [-0.4, -0.2) is 45.7 Å². The first-order chi connectivity index (χ1) is 14.0. The Balaban J connectivity index is 1.52. The summed E-state index contributed by atoms with van der Waals surface area (Å²) in [7, 11) is -3.69. The summed E-state index contributed by atoms with van der Waals surface area (Å²) in [6.07, 6.45) is 7.85. The molecule has 0 amide bonds. The van der Waals surface area contributed by atoms with Crippen molar-refractivity contribution in [1.29, 1.82) is 0 Å². The third kappa shape index (κ3) is 4.38. The van der Waals surface area contributed by atoms with E-state index in [2.05, 4.69) is 25.3 Å². The lowest BCUT2D eigenvalue weighted by Crippen LogP contribution is -2.39. The largest absolute Gasteiger partial charge is 0.307 e. The smallest absolute Gasteiger partial charge is 0.243 e. The second-order valence-electron chi connectivity index (χ2n) is 6.68. The Kier molecular flexibility index (Phi) is 5.45. The summed E-state index contributed by atoms with van der Waals surface area (Å²) in [4.78, 5) is 16.9. The molecule has 1 aliphatic rings. The summed E-state index contributed by atoms with van der Waals surface area (Å²) >= 11 is 0. The van der Waals surface area contributed by atoms with Gasteiger partial charge in [-0.15, -0.1) is 0 Å². The summed E-state index contributed by atoms with van der Waals surface area (Å²) in [5.74, 6) is 0.365. The first-order valence-electron chi connectivity index (χ1n) is 9.14. The third-order valence-corrected chi connectivity index (χ3v) is 6.61. The molecule has 10 heteroatoms. The predicted octanol–water partition coefficient (Wildman–Crippen LogP) is 2.72. The fourth-order valence-corrected chi connectivity index (χ4v) is 4.82. The van der Waals surface area contributed by atoms with Crippen LogP contribution in [0.25, 0.3) is 0 Å². The summed E-state index contributed by atoms with van der Waals surface area (Å²) in [6.45, 7) is 0.729. The molecule has 1 N–H and O–H groups in total. The molecule has 3 aromatic rings. The van der Waals surface area contributed by atoms with Crippen LogP contribution < -0.4 is 5.32 Å². The van der Waals surface area contributed by atoms with E-state index in [1.807, 2.05) is 0 Å². The lowest BCUT2D eigenvalue weighted by molar-refractivity contribution is 0.312. The van der Waals surface area contributed by atoms with Gasteiger partial charge in [0, 0.05) is 37.6 Å². The number of rotatable bonds is 5. The van der Waals surface area contributed by atoms with Crippen molar-refractivity contribution in [2.45, 2.75) is 23.7 Å². The molecule has 0 radical (unpaired) electrons. The number of hydrogen-bond donors (Lipinski definition) is 1. The van der Waals surface area contributed by atoms with Crippen molar-refractivity contribution in [2.24, 2.45) is 0 Å². The average molecular weight is 414 g/mol. The molecule has 4 rings (SSSR count). The van der Waals surface area contributed by atoms with Crippen molar-refractivity contribution in [1.82, 2.24) is 24.2 Å². The normalized spacial score (nSPS) is 17.8. The van der Waals surface area contributed by atoms with Crippen LogP contribution in [0.1, 0.15) is 24.5 Å². The van der Waals surface area contributed by atoms with E-state index >= 15 is 0 Å². The maximum atomic E-state index is 13.2. The van der Waals surface area contributed by atoms with Crippen molar-refractivity contribution in [3.05, 3.63) is 66.6 Å². The zero-order valence-electron chi connectivity index (χ0n) is 15.4. The van der Waals surface area contributed by atoms with E-state index < -0.39 is 15.8 Å². The number of nitrogens with zero attached hydrogens (tertiary/aromatic N) is 5. The van der Waals surface area contributed by atoms with Gasteiger partial charge < -0.3 is 5.32 Å². The van der Waals surface area contributed by atoms with E-state index in [1.54, 1.807) is 30.9 Å². The summed E-state index contributed by atoms with van der Waals surface area (Å²) < 4.78 is 40.4. The monoisotopic (exact) mass is 414 g/mol. The van der Waals surface area contributed by atoms with Gasteiger partial charge in [0.2, 0.25) is 16.0 Å². The predicted molar refractivity (Wildman–Crippen MR) is 104 cm³/mol. The first kappa shape index (κ1) is 19.3. The highest BCUT2D eigenvalue weighted by Crippen LogP contribution is 2.29.